The second-order valence-electron chi connectivity index (χ2n) is 9.04. The maximum absolute atomic E-state index is 11.9. The Balaban J connectivity index is 1.48. The minimum Gasteiger partial charge on any atom is -0.474 e. The Labute approximate surface area is 220 Å². The topological polar surface area (TPSA) is 121 Å². The molecule has 11 heteroatoms. The van der Waals surface area contributed by atoms with Crippen LogP contribution in [0.1, 0.15) is 37.2 Å². The fraction of sp³-hybridized carbons (Fsp3) is 0.308. The Hall–Kier alpha value is -3.52. The molecule has 0 spiro atoms. The summed E-state index contributed by atoms with van der Waals surface area (Å²) in [6, 6.07) is 14.9. The van der Waals surface area contributed by atoms with Crippen LogP contribution in [-0.2, 0) is 10.0 Å². The average Bonchev–Trinajstić information content (AvgIpc) is 2.88. The summed E-state index contributed by atoms with van der Waals surface area (Å²) >= 11 is 6.52. The normalized spacial score (nSPS) is 15.9. The molecular formula is C26H25ClN6O3S. The van der Waals surface area contributed by atoms with E-state index in [0.29, 0.717) is 64.8 Å². The predicted molar refractivity (Wildman–Crippen MR) is 143 cm³/mol. The van der Waals surface area contributed by atoms with Crippen molar-refractivity contribution in [2.45, 2.75) is 31.9 Å². The second kappa shape index (κ2) is 10.1. The molecule has 9 nitrogen and oxygen atoms in total. The summed E-state index contributed by atoms with van der Waals surface area (Å²) in [4.78, 5) is 13.9. The number of hydrogen-bond acceptors (Lipinski definition) is 8. The molecule has 0 radical (unpaired) electrons. The summed E-state index contributed by atoms with van der Waals surface area (Å²) in [5, 5.41) is 15.0. The number of anilines is 1. The van der Waals surface area contributed by atoms with Crippen LogP contribution in [0.25, 0.3) is 21.8 Å². The zero-order valence-electron chi connectivity index (χ0n) is 20.3. The molecule has 5 rings (SSSR count). The average molecular weight is 537 g/mol. The van der Waals surface area contributed by atoms with E-state index in [4.69, 9.17) is 26.3 Å². The van der Waals surface area contributed by atoms with Gasteiger partial charge in [-0.2, -0.15) is 10.2 Å². The third kappa shape index (κ3) is 5.16. The molecule has 1 aliphatic heterocycles. The fourth-order valence-corrected chi connectivity index (χ4v) is 5.63. The lowest BCUT2D eigenvalue weighted by Gasteiger charge is -2.30. The molecule has 1 saturated heterocycles. The molecule has 0 unspecified atom stereocenters. The summed E-state index contributed by atoms with van der Waals surface area (Å²) in [5.41, 5.74) is 2.48. The van der Waals surface area contributed by atoms with Gasteiger partial charge in [0.1, 0.15) is 12.2 Å². The summed E-state index contributed by atoms with van der Waals surface area (Å²) in [6.07, 6.45) is 3.64. The number of rotatable bonds is 6. The maximum Gasteiger partial charge on any atom is 0.226 e. The summed E-state index contributed by atoms with van der Waals surface area (Å²) in [7, 11) is -3.24. The Morgan fingerprint density at radius 2 is 1.86 bits per heavy atom. The smallest absolute Gasteiger partial charge is 0.226 e. The Morgan fingerprint density at radius 1 is 1.14 bits per heavy atom. The number of piperidine rings is 1. The lowest BCUT2D eigenvalue weighted by atomic mass is 10.1. The zero-order valence-corrected chi connectivity index (χ0v) is 21.9. The van der Waals surface area contributed by atoms with Gasteiger partial charge in [0.2, 0.25) is 15.9 Å². The number of nitriles is 1. The molecule has 0 amide bonds. The van der Waals surface area contributed by atoms with Gasteiger partial charge in [0, 0.05) is 24.7 Å². The first-order valence-electron chi connectivity index (χ1n) is 11.9. The molecule has 0 aliphatic carbocycles. The first kappa shape index (κ1) is 25.1. The van der Waals surface area contributed by atoms with Crippen molar-refractivity contribution in [3.05, 3.63) is 65.1 Å². The minimum atomic E-state index is -3.24. The number of sulfonamides is 1. The molecule has 0 saturated carbocycles. The second-order valence-corrected chi connectivity index (χ2v) is 11.4. The van der Waals surface area contributed by atoms with Gasteiger partial charge in [0.05, 0.1) is 45.0 Å². The monoisotopic (exact) mass is 536 g/mol. The van der Waals surface area contributed by atoms with Gasteiger partial charge in [-0.15, -0.1) is 0 Å². The summed E-state index contributed by atoms with van der Waals surface area (Å²) in [5.74, 6) is 0.834. The lowest BCUT2D eigenvalue weighted by Crippen LogP contribution is -2.41. The third-order valence-corrected chi connectivity index (χ3v) is 8.07. The predicted octanol–water partition coefficient (Wildman–Crippen LogP) is 4.68. The van der Waals surface area contributed by atoms with Gasteiger partial charge in [-0.1, -0.05) is 35.9 Å². The van der Waals surface area contributed by atoms with Crippen LogP contribution in [0.15, 0.2) is 48.7 Å². The molecular weight excluding hydrogens is 512 g/mol. The van der Waals surface area contributed by atoms with Crippen LogP contribution in [-0.4, -0.2) is 53.1 Å². The quantitative estimate of drug-likeness (QED) is 0.377. The van der Waals surface area contributed by atoms with Crippen LogP contribution in [0.2, 0.25) is 5.02 Å². The number of para-hydroxylation sites is 1. The van der Waals surface area contributed by atoms with E-state index in [1.54, 1.807) is 12.3 Å². The minimum absolute atomic E-state index is 0.210. The number of aromatic nitrogens is 3. The Kier molecular flexibility index (Phi) is 6.86. The summed E-state index contributed by atoms with van der Waals surface area (Å²) < 4.78 is 31.5. The molecule has 1 fully saturated rings. The van der Waals surface area contributed by atoms with E-state index in [9.17, 15) is 13.7 Å². The number of benzene rings is 2. The fourth-order valence-electron chi connectivity index (χ4n) is 4.51. The molecule has 1 aliphatic rings. The molecule has 2 aromatic carbocycles. The highest BCUT2D eigenvalue weighted by Gasteiger charge is 2.27. The van der Waals surface area contributed by atoms with Gasteiger partial charge in [0.25, 0.3) is 0 Å². The van der Waals surface area contributed by atoms with E-state index in [0.717, 1.165) is 10.9 Å². The van der Waals surface area contributed by atoms with E-state index in [1.807, 2.05) is 43.3 Å². The van der Waals surface area contributed by atoms with Crippen LogP contribution in [0.3, 0.4) is 0 Å². The highest BCUT2D eigenvalue weighted by atomic mass is 35.5. The van der Waals surface area contributed by atoms with E-state index >= 15 is 0 Å². The van der Waals surface area contributed by atoms with Crippen molar-refractivity contribution in [2.75, 3.05) is 24.7 Å². The molecule has 3 heterocycles. The maximum atomic E-state index is 11.9. The van der Waals surface area contributed by atoms with Crippen LogP contribution in [0.5, 0.6) is 5.88 Å². The van der Waals surface area contributed by atoms with Gasteiger partial charge in [-0.3, -0.25) is 4.98 Å². The van der Waals surface area contributed by atoms with E-state index in [-0.39, 0.29) is 12.1 Å². The number of nitrogens with one attached hydrogen (secondary N) is 1. The standard InChI is InChI=1S/C26H25ClN6O3S/c1-16(30-24-17(14-28)15-29-21-8-4-3-6-19(21)24)25-31-22-9-5-7-20(27)23(22)26(32-25)36-18-10-12-33(13-11-18)37(2,34)35/h3-9,15-16,18H,10-13H2,1-2H3,(H,29,30)/t16-/m0/s1. The van der Waals surface area contributed by atoms with Crippen LogP contribution in [0, 0.1) is 11.3 Å². The van der Waals surface area contributed by atoms with Crippen LogP contribution in [0.4, 0.5) is 5.69 Å². The SMILES string of the molecule is C[C@H](Nc1c(C#N)cnc2ccccc12)c1nc(OC2CCN(S(C)(=O)=O)CC2)c2c(Cl)cccc2n1. The van der Waals surface area contributed by atoms with Crippen molar-refractivity contribution in [1.29, 1.82) is 5.26 Å². The van der Waals surface area contributed by atoms with Crippen molar-refractivity contribution >= 4 is 49.1 Å². The van der Waals surface area contributed by atoms with Gasteiger partial charge in [0.15, 0.2) is 5.82 Å². The van der Waals surface area contributed by atoms with Crippen molar-refractivity contribution in [2.24, 2.45) is 0 Å². The Bertz CT molecular complexity index is 1630. The zero-order chi connectivity index (χ0) is 26.2. The molecule has 2 aromatic heterocycles. The number of halogens is 1. The first-order valence-corrected chi connectivity index (χ1v) is 14.1. The summed E-state index contributed by atoms with van der Waals surface area (Å²) in [6.45, 7) is 2.69. The number of nitrogens with zero attached hydrogens (tertiary/aromatic N) is 5. The van der Waals surface area contributed by atoms with E-state index in [1.165, 1.54) is 10.6 Å². The highest BCUT2D eigenvalue weighted by Crippen LogP contribution is 2.34. The molecule has 1 atom stereocenters. The number of pyridine rings is 1. The molecule has 190 valence electrons. The van der Waals surface area contributed by atoms with Crippen molar-refractivity contribution < 1.29 is 13.2 Å². The number of ether oxygens (including phenoxy) is 1. The van der Waals surface area contributed by atoms with Crippen molar-refractivity contribution in [3.8, 4) is 11.9 Å². The number of hydrogen-bond donors (Lipinski definition) is 1. The van der Waals surface area contributed by atoms with Crippen molar-refractivity contribution in [3.63, 3.8) is 0 Å². The van der Waals surface area contributed by atoms with Crippen LogP contribution >= 0.6 is 11.6 Å². The van der Waals surface area contributed by atoms with E-state index < -0.39 is 10.0 Å². The van der Waals surface area contributed by atoms with Gasteiger partial charge in [-0.05, 0) is 38.0 Å². The highest BCUT2D eigenvalue weighted by molar-refractivity contribution is 7.88. The third-order valence-electron chi connectivity index (χ3n) is 6.45. The van der Waals surface area contributed by atoms with Crippen LogP contribution < -0.4 is 10.1 Å². The van der Waals surface area contributed by atoms with Crippen molar-refractivity contribution in [1.82, 2.24) is 19.3 Å². The molecule has 37 heavy (non-hydrogen) atoms. The Morgan fingerprint density at radius 3 is 2.59 bits per heavy atom. The van der Waals surface area contributed by atoms with Gasteiger partial charge >= 0.3 is 0 Å². The molecule has 4 aromatic rings. The first-order chi connectivity index (χ1) is 17.7. The van der Waals surface area contributed by atoms with Gasteiger partial charge in [-0.25, -0.2) is 17.7 Å². The van der Waals surface area contributed by atoms with E-state index in [2.05, 4.69) is 16.4 Å². The molecule has 1 N–H and O–H groups in total. The van der Waals surface area contributed by atoms with Gasteiger partial charge < -0.3 is 10.1 Å². The largest absolute Gasteiger partial charge is 0.474 e. The molecule has 0 bridgehead atoms. The number of fused-ring (bicyclic) bond motifs is 2. The lowest BCUT2D eigenvalue weighted by molar-refractivity contribution is 0.131.